The number of nitrogens with zero attached hydrogens (tertiary/aromatic N) is 2. The number of hydrogen-bond acceptors (Lipinski definition) is 2. The maximum Gasteiger partial charge on any atom is 0.138 e. The molecule has 3 nitrogen and oxygen atoms in total. The number of rotatable bonds is 2. The molecule has 6 rings (SSSR count). The van der Waals surface area contributed by atoms with Crippen LogP contribution in [0.25, 0.3) is 27.7 Å². The Balaban J connectivity index is 1.42. The van der Waals surface area contributed by atoms with Crippen molar-refractivity contribution in [2.75, 3.05) is 20.1 Å². The zero-order chi connectivity index (χ0) is 19.6. The highest BCUT2D eigenvalue weighted by Gasteiger charge is 2.42. The van der Waals surface area contributed by atoms with Gasteiger partial charge in [-0.1, -0.05) is 25.1 Å². The Hall–Kier alpha value is -2.39. The van der Waals surface area contributed by atoms with Crippen LogP contribution in [0, 0.1) is 0 Å². The third-order valence-corrected chi connectivity index (χ3v) is 7.86. The van der Waals surface area contributed by atoms with Crippen LogP contribution in [-0.2, 0) is 5.41 Å². The molecule has 1 aromatic carbocycles. The monoisotopic (exact) mass is 383 g/mol. The first-order valence-corrected chi connectivity index (χ1v) is 11.1. The lowest BCUT2D eigenvalue weighted by Crippen LogP contribution is -2.39. The van der Waals surface area contributed by atoms with E-state index in [1.54, 1.807) is 0 Å². The molecule has 148 valence electrons. The van der Waals surface area contributed by atoms with Crippen molar-refractivity contribution in [2.45, 2.75) is 49.9 Å². The molecule has 3 aromatic rings. The molecule has 2 aliphatic carbocycles. The summed E-state index contributed by atoms with van der Waals surface area (Å²) in [6.45, 7) is 6.77. The zero-order valence-corrected chi connectivity index (χ0v) is 17.3. The third kappa shape index (κ3) is 2.63. The van der Waals surface area contributed by atoms with Crippen molar-refractivity contribution in [3.63, 3.8) is 0 Å². The van der Waals surface area contributed by atoms with E-state index >= 15 is 0 Å². The number of nitrogens with one attached hydrogen (secondary N) is 1. The summed E-state index contributed by atoms with van der Waals surface area (Å²) in [5.74, 6) is 0.668. The molecule has 29 heavy (non-hydrogen) atoms. The largest absolute Gasteiger partial charge is 0.346 e. The highest BCUT2D eigenvalue weighted by atomic mass is 15.1. The van der Waals surface area contributed by atoms with E-state index in [2.05, 4.69) is 60.0 Å². The number of H-pyrrole nitrogens is 1. The lowest BCUT2D eigenvalue weighted by atomic mass is 9.73. The van der Waals surface area contributed by atoms with Gasteiger partial charge >= 0.3 is 0 Å². The van der Waals surface area contributed by atoms with Crippen LogP contribution < -0.4 is 0 Å². The van der Waals surface area contributed by atoms with E-state index in [1.807, 2.05) is 0 Å². The average Bonchev–Trinajstić information content (AvgIpc) is 3.22. The van der Waals surface area contributed by atoms with Gasteiger partial charge in [-0.25, -0.2) is 4.98 Å². The van der Waals surface area contributed by atoms with E-state index in [4.69, 9.17) is 4.98 Å². The summed E-state index contributed by atoms with van der Waals surface area (Å²) in [6.07, 6.45) is 9.67. The summed E-state index contributed by atoms with van der Waals surface area (Å²) in [4.78, 5) is 10.9. The van der Waals surface area contributed by atoms with Crippen LogP contribution in [0.2, 0.25) is 0 Å². The normalized spacial score (nSPS) is 21.6. The number of benzene rings is 1. The molecular formula is C26H29N3. The second-order valence-corrected chi connectivity index (χ2v) is 9.59. The van der Waals surface area contributed by atoms with E-state index in [0.717, 1.165) is 12.1 Å². The minimum absolute atomic E-state index is 0.288. The van der Waals surface area contributed by atoms with E-state index < -0.39 is 0 Å². The minimum Gasteiger partial charge on any atom is -0.346 e. The van der Waals surface area contributed by atoms with E-state index in [0.29, 0.717) is 5.92 Å². The van der Waals surface area contributed by atoms with Crippen LogP contribution in [0.1, 0.15) is 61.3 Å². The summed E-state index contributed by atoms with van der Waals surface area (Å²) in [5, 5.41) is 1.24. The number of allylic oxidation sites excluding steroid dienone is 1. The molecule has 3 heterocycles. The number of aromatic amines is 1. The van der Waals surface area contributed by atoms with Gasteiger partial charge in [0, 0.05) is 34.2 Å². The summed E-state index contributed by atoms with van der Waals surface area (Å²) < 4.78 is 0. The molecule has 1 N–H and O–H groups in total. The molecular weight excluding hydrogens is 354 g/mol. The SMILES string of the molecule is C=C1CC2(CCN(C)CC2)c2cc(-c3c[nH]c4nc(C5CCC5)ccc34)ccc21. The van der Waals surface area contributed by atoms with Crippen molar-refractivity contribution >= 4 is 16.6 Å². The molecule has 1 saturated heterocycles. The summed E-state index contributed by atoms with van der Waals surface area (Å²) in [7, 11) is 2.24. The van der Waals surface area contributed by atoms with Gasteiger partial charge < -0.3 is 9.88 Å². The van der Waals surface area contributed by atoms with Gasteiger partial charge in [0.05, 0.1) is 0 Å². The Morgan fingerprint density at radius 2 is 1.93 bits per heavy atom. The van der Waals surface area contributed by atoms with Crippen LogP contribution in [0.15, 0.2) is 43.1 Å². The number of likely N-dealkylation sites (tertiary alicyclic amines) is 1. The van der Waals surface area contributed by atoms with Gasteiger partial charge in [0.2, 0.25) is 0 Å². The van der Waals surface area contributed by atoms with Crippen LogP contribution in [0.5, 0.6) is 0 Å². The van der Waals surface area contributed by atoms with Crippen LogP contribution >= 0.6 is 0 Å². The fraction of sp³-hybridized carbons (Fsp3) is 0.423. The summed E-state index contributed by atoms with van der Waals surface area (Å²) in [5.41, 5.74) is 9.40. The molecule has 3 aliphatic rings. The smallest absolute Gasteiger partial charge is 0.138 e. The molecule has 1 aliphatic heterocycles. The van der Waals surface area contributed by atoms with Crippen molar-refractivity contribution in [1.82, 2.24) is 14.9 Å². The lowest BCUT2D eigenvalue weighted by molar-refractivity contribution is 0.194. The summed E-state index contributed by atoms with van der Waals surface area (Å²) >= 11 is 0. The fourth-order valence-electron chi connectivity index (χ4n) is 5.74. The van der Waals surface area contributed by atoms with Crippen molar-refractivity contribution < 1.29 is 0 Å². The number of fused-ring (bicyclic) bond motifs is 3. The van der Waals surface area contributed by atoms with Crippen molar-refractivity contribution in [3.8, 4) is 11.1 Å². The van der Waals surface area contributed by atoms with Gasteiger partial charge in [-0.3, -0.25) is 0 Å². The van der Waals surface area contributed by atoms with Crippen molar-refractivity contribution in [3.05, 3.63) is 59.9 Å². The predicted octanol–water partition coefficient (Wildman–Crippen LogP) is 5.88. The molecule has 2 aromatic heterocycles. The highest BCUT2D eigenvalue weighted by molar-refractivity contribution is 5.94. The van der Waals surface area contributed by atoms with E-state index in [1.165, 1.54) is 84.1 Å². The second-order valence-electron chi connectivity index (χ2n) is 9.59. The minimum atomic E-state index is 0.288. The molecule has 0 bridgehead atoms. The fourth-order valence-corrected chi connectivity index (χ4v) is 5.74. The average molecular weight is 384 g/mol. The van der Waals surface area contributed by atoms with E-state index in [-0.39, 0.29) is 5.41 Å². The maximum atomic E-state index is 4.94. The topological polar surface area (TPSA) is 31.9 Å². The standard InChI is InChI=1S/C26H29N3/c1-17-15-26(10-12-29(2)13-11-26)23-14-19(6-7-20(17)23)22-16-27-25-21(22)8-9-24(28-25)18-4-3-5-18/h6-9,14,16,18H,1,3-5,10-13,15H2,2H3,(H,27,28). The van der Waals surface area contributed by atoms with E-state index in [9.17, 15) is 0 Å². The Bertz CT molecular complexity index is 1110. The van der Waals surface area contributed by atoms with Crippen LogP contribution in [0.4, 0.5) is 0 Å². The first-order chi connectivity index (χ1) is 14.1. The molecule has 0 atom stereocenters. The molecule has 0 amide bonds. The second kappa shape index (κ2) is 6.30. The van der Waals surface area contributed by atoms with Crippen molar-refractivity contribution in [2.24, 2.45) is 0 Å². The van der Waals surface area contributed by atoms with Gasteiger partial charge in [-0.05, 0) is 92.7 Å². The first kappa shape index (κ1) is 17.5. The van der Waals surface area contributed by atoms with Gasteiger partial charge in [0.1, 0.15) is 5.65 Å². The number of pyridine rings is 1. The maximum absolute atomic E-state index is 4.94. The molecule has 2 fully saturated rings. The first-order valence-electron chi connectivity index (χ1n) is 11.1. The molecule has 1 saturated carbocycles. The van der Waals surface area contributed by atoms with Crippen LogP contribution in [-0.4, -0.2) is 35.0 Å². The van der Waals surface area contributed by atoms with Gasteiger partial charge in [0.15, 0.2) is 0 Å². The van der Waals surface area contributed by atoms with Gasteiger partial charge in [-0.15, -0.1) is 0 Å². The molecule has 0 radical (unpaired) electrons. The molecule has 3 heteroatoms. The molecule has 1 spiro atoms. The quantitative estimate of drug-likeness (QED) is 0.599. The number of aromatic nitrogens is 2. The van der Waals surface area contributed by atoms with Crippen LogP contribution in [0.3, 0.4) is 0 Å². The Kier molecular flexibility index (Phi) is 3.80. The third-order valence-electron chi connectivity index (χ3n) is 7.86. The Morgan fingerprint density at radius 1 is 1.10 bits per heavy atom. The van der Waals surface area contributed by atoms with Gasteiger partial charge in [0.25, 0.3) is 0 Å². The van der Waals surface area contributed by atoms with Gasteiger partial charge in [-0.2, -0.15) is 0 Å². The predicted molar refractivity (Wildman–Crippen MR) is 120 cm³/mol. The lowest BCUT2D eigenvalue weighted by Gasteiger charge is -2.38. The Labute approximate surface area is 172 Å². The highest BCUT2D eigenvalue weighted by Crippen LogP contribution is 2.51. The zero-order valence-electron chi connectivity index (χ0n) is 17.3. The number of piperidine rings is 1. The number of hydrogen-bond donors (Lipinski definition) is 1. The van der Waals surface area contributed by atoms with Crippen molar-refractivity contribution in [1.29, 1.82) is 0 Å². The summed E-state index contributed by atoms with van der Waals surface area (Å²) in [6, 6.07) is 11.6. The Morgan fingerprint density at radius 3 is 2.69 bits per heavy atom. The molecule has 0 unspecified atom stereocenters.